The van der Waals surface area contributed by atoms with Crippen molar-refractivity contribution in [3.8, 4) is 0 Å². The highest BCUT2D eigenvalue weighted by atomic mass is 15.3. The summed E-state index contributed by atoms with van der Waals surface area (Å²) >= 11 is 0. The van der Waals surface area contributed by atoms with Crippen LogP contribution in [0.15, 0.2) is 40.3 Å². The Kier molecular flexibility index (Phi) is 11.3. The lowest BCUT2D eigenvalue weighted by Gasteiger charge is -2.35. The van der Waals surface area contributed by atoms with Crippen molar-refractivity contribution < 1.29 is 4.48 Å². The van der Waals surface area contributed by atoms with Gasteiger partial charge in [-0.2, -0.15) is 4.99 Å². The molecule has 0 aliphatic carbocycles. The van der Waals surface area contributed by atoms with Crippen molar-refractivity contribution in [3.05, 3.63) is 35.9 Å². The van der Waals surface area contributed by atoms with Crippen molar-refractivity contribution in [1.82, 2.24) is 4.90 Å². The van der Waals surface area contributed by atoms with Crippen LogP contribution >= 0.6 is 0 Å². The van der Waals surface area contributed by atoms with Crippen LogP contribution < -0.4 is 11.5 Å². The van der Waals surface area contributed by atoms with Crippen LogP contribution in [-0.2, 0) is 6.42 Å². The monoisotopic (exact) mass is 389 g/mol. The normalized spacial score (nSPS) is 13.0. The zero-order valence-corrected chi connectivity index (χ0v) is 18.4. The number of nitrogens with zero attached hydrogens (tertiary/aromatic N) is 4. The van der Waals surface area contributed by atoms with E-state index in [2.05, 4.69) is 61.9 Å². The molecule has 0 atom stereocenters. The summed E-state index contributed by atoms with van der Waals surface area (Å²) in [5.74, 6) is 0.719. The largest absolute Gasteiger partial charge is 0.369 e. The number of aliphatic imine (C=N–C) groups is 2. The lowest BCUT2D eigenvalue weighted by Crippen LogP contribution is -2.48. The van der Waals surface area contributed by atoms with E-state index in [0.717, 1.165) is 32.4 Å². The molecule has 6 nitrogen and oxygen atoms in total. The van der Waals surface area contributed by atoms with Gasteiger partial charge < -0.3 is 20.9 Å². The summed E-state index contributed by atoms with van der Waals surface area (Å²) in [7, 11) is 0. The second-order valence-electron chi connectivity index (χ2n) is 7.25. The van der Waals surface area contributed by atoms with Gasteiger partial charge in [0.25, 0.3) is 0 Å². The average molecular weight is 390 g/mol. The van der Waals surface area contributed by atoms with Gasteiger partial charge in [0.15, 0.2) is 5.96 Å². The molecule has 0 heterocycles. The third-order valence-electron chi connectivity index (χ3n) is 5.77. The van der Waals surface area contributed by atoms with Gasteiger partial charge >= 0.3 is 0 Å². The van der Waals surface area contributed by atoms with E-state index in [1.54, 1.807) is 0 Å². The molecule has 28 heavy (non-hydrogen) atoms. The van der Waals surface area contributed by atoms with Crippen molar-refractivity contribution in [3.63, 3.8) is 0 Å². The highest BCUT2D eigenvalue weighted by molar-refractivity contribution is 5.93. The first kappa shape index (κ1) is 24.0. The number of nitrogens with two attached hydrogens (primary N) is 2. The minimum atomic E-state index is 0.276. The van der Waals surface area contributed by atoms with Crippen LogP contribution in [0, 0.1) is 0 Å². The fourth-order valence-electron chi connectivity index (χ4n) is 3.46. The molecule has 1 aromatic rings. The summed E-state index contributed by atoms with van der Waals surface area (Å²) in [6.07, 6.45) is 3.11. The van der Waals surface area contributed by atoms with E-state index in [4.69, 9.17) is 11.5 Å². The van der Waals surface area contributed by atoms with Gasteiger partial charge in [-0.05, 0) is 52.5 Å². The molecule has 1 aromatic carbocycles. The topological polar surface area (TPSA) is 80.0 Å². The summed E-state index contributed by atoms with van der Waals surface area (Å²) in [6, 6.07) is 10.4. The van der Waals surface area contributed by atoms with Crippen LogP contribution in [0.5, 0.6) is 0 Å². The van der Waals surface area contributed by atoms with Crippen molar-refractivity contribution in [2.45, 2.75) is 47.0 Å². The quantitative estimate of drug-likeness (QED) is 0.250. The highest BCUT2D eigenvalue weighted by Gasteiger charge is 2.19. The Morgan fingerprint density at radius 2 is 1.61 bits per heavy atom. The van der Waals surface area contributed by atoms with E-state index in [1.165, 1.54) is 36.2 Å². The molecule has 0 saturated heterocycles. The maximum absolute atomic E-state index is 6.15. The fraction of sp³-hybridized carbons (Fsp3) is 0.636. The Bertz CT molecular complexity index is 584. The first-order valence-electron chi connectivity index (χ1n) is 10.8. The van der Waals surface area contributed by atoms with Crippen LogP contribution in [-0.4, -0.2) is 67.1 Å². The van der Waals surface area contributed by atoms with Crippen LogP contribution in [0.4, 0.5) is 0 Å². The standard InChI is InChI=1S/C22H41N6/c1-5-27(18-16-20-14-10-9-11-15-20)22(24)26-21(23)25-17-12-13-19-28(6-2,7-3)8-4/h9-11,14-15H,5-8,12-13,16-19H2,1-4H3,(H4,23,24,25,26)/q+1. The Morgan fingerprint density at radius 3 is 2.18 bits per heavy atom. The fourth-order valence-corrected chi connectivity index (χ4v) is 3.46. The second-order valence-corrected chi connectivity index (χ2v) is 7.25. The van der Waals surface area contributed by atoms with Crippen LogP contribution in [0.1, 0.15) is 46.1 Å². The minimum Gasteiger partial charge on any atom is -0.369 e. The van der Waals surface area contributed by atoms with E-state index in [1.807, 2.05) is 11.0 Å². The Labute approximate surface area is 171 Å². The maximum Gasteiger partial charge on any atom is 0.218 e. The summed E-state index contributed by atoms with van der Waals surface area (Å²) in [5, 5.41) is 0. The van der Waals surface area contributed by atoms with Gasteiger partial charge in [-0.15, -0.1) is 0 Å². The molecule has 158 valence electrons. The first-order chi connectivity index (χ1) is 13.5. The minimum absolute atomic E-state index is 0.276. The molecule has 0 amide bonds. The van der Waals surface area contributed by atoms with E-state index in [0.29, 0.717) is 12.5 Å². The lowest BCUT2D eigenvalue weighted by atomic mass is 10.1. The molecular formula is C22H41N6+. The number of unbranched alkanes of at least 4 members (excludes halogenated alkanes) is 1. The maximum atomic E-state index is 6.15. The van der Waals surface area contributed by atoms with Crippen molar-refractivity contribution >= 4 is 11.9 Å². The summed E-state index contributed by atoms with van der Waals surface area (Å²) in [4.78, 5) is 10.7. The van der Waals surface area contributed by atoms with Crippen LogP contribution in [0.3, 0.4) is 0 Å². The predicted octanol–water partition coefficient (Wildman–Crippen LogP) is 2.84. The van der Waals surface area contributed by atoms with Gasteiger partial charge in [0.1, 0.15) is 0 Å². The van der Waals surface area contributed by atoms with Gasteiger partial charge in [-0.25, -0.2) is 0 Å². The Hall–Kier alpha value is -2.08. The van der Waals surface area contributed by atoms with E-state index < -0.39 is 0 Å². The molecular weight excluding hydrogens is 348 g/mol. The number of guanidine groups is 2. The molecule has 0 bridgehead atoms. The number of likely N-dealkylation sites (N-methyl/N-ethyl adjacent to an activating group) is 1. The zero-order valence-electron chi connectivity index (χ0n) is 18.4. The van der Waals surface area contributed by atoms with Crippen molar-refractivity contribution in [2.24, 2.45) is 21.5 Å². The van der Waals surface area contributed by atoms with Gasteiger partial charge in [-0.3, -0.25) is 4.99 Å². The highest BCUT2D eigenvalue weighted by Crippen LogP contribution is 2.08. The van der Waals surface area contributed by atoms with Crippen LogP contribution in [0.2, 0.25) is 0 Å². The Balaban J connectivity index is 2.46. The second kappa shape index (κ2) is 13.2. The van der Waals surface area contributed by atoms with Gasteiger partial charge in [0.05, 0.1) is 26.2 Å². The number of hydrogen-bond acceptors (Lipinski definition) is 1. The Morgan fingerprint density at radius 1 is 0.964 bits per heavy atom. The number of quaternary nitrogens is 1. The molecule has 0 fully saturated rings. The zero-order chi connectivity index (χ0) is 20.8. The van der Waals surface area contributed by atoms with E-state index in [9.17, 15) is 0 Å². The van der Waals surface area contributed by atoms with E-state index in [-0.39, 0.29) is 5.96 Å². The smallest absolute Gasteiger partial charge is 0.218 e. The average Bonchev–Trinajstić information content (AvgIpc) is 2.72. The van der Waals surface area contributed by atoms with Crippen molar-refractivity contribution in [1.29, 1.82) is 0 Å². The van der Waals surface area contributed by atoms with Gasteiger partial charge in [-0.1, -0.05) is 30.3 Å². The molecule has 0 spiro atoms. The molecule has 1 rings (SSSR count). The molecule has 0 unspecified atom stereocenters. The third kappa shape index (κ3) is 8.30. The predicted molar refractivity (Wildman–Crippen MR) is 121 cm³/mol. The molecule has 0 aliphatic heterocycles. The number of hydrogen-bond donors (Lipinski definition) is 2. The van der Waals surface area contributed by atoms with Gasteiger partial charge in [0.2, 0.25) is 5.96 Å². The molecule has 4 N–H and O–H groups in total. The third-order valence-corrected chi connectivity index (χ3v) is 5.77. The molecule has 0 radical (unpaired) electrons. The summed E-state index contributed by atoms with van der Waals surface area (Å²) in [5.41, 5.74) is 13.4. The number of benzene rings is 1. The molecule has 0 aromatic heterocycles. The first-order valence-corrected chi connectivity index (χ1v) is 10.8. The number of rotatable bonds is 12. The lowest BCUT2D eigenvalue weighted by molar-refractivity contribution is -0.923. The summed E-state index contributed by atoms with van der Waals surface area (Å²) in [6.45, 7) is 16.0. The van der Waals surface area contributed by atoms with Crippen molar-refractivity contribution in [2.75, 3.05) is 45.8 Å². The molecule has 0 saturated carbocycles. The summed E-state index contributed by atoms with van der Waals surface area (Å²) < 4.78 is 1.18. The van der Waals surface area contributed by atoms with Gasteiger partial charge in [0, 0.05) is 19.6 Å². The van der Waals surface area contributed by atoms with Crippen LogP contribution in [0.25, 0.3) is 0 Å². The van der Waals surface area contributed by atoms with E-state index >= 15 is 0 Å². The molecule has 6 heteroatoms. The molecule has 0 aliphatic rings. The SMILES string of the molecule is CCN(CCc1ccccc1)C(N)=NC(N)=NCCCC[N+](CC)(CC)CC.